The average molecular weight is 428 g/mol. The van der Waals surface area contributed by atoms with Gasteiger partial charge in [-0.25, -0.2) is 18.6 Å². The van der Waals surface area contributed by atoms with Gasteiger partial charge in [-0.15, -0.1) is 0 Å². The number of anilines is 1. The Bertz CT molecular complexity index is 1260. The third kappa shape index (κ3) is 3.83. The van der Waals surface area contributed by atoms with Crippen LogP contribution < -0.4 is 15.6 Å². The van der Waals surface area contributed by atoms with Gasteiger partial charge in [0.1, 0.15) is 11.4 Å². The van der Waals surface area contributed by atoms with Crippen molar-refractivity contribution in [2.45, 2.75) is 19.4 Å². The van der Waals surface area contributed by atoms with E-state index in [1.807, 2.05) is 0 Å². The fourth-order valence-electron chi connectivity index (χ4n) is 3.74. The fraction of sp³-hybridized carbons (Fsp3) is 0.238. The zero-order valence-electron chi connectivity index (χ0n) is 16.4. The molecule has 1 amide bonds. The van der Waals surface area contributed by atoms with E-state index in [1.54, 1.807) is 4.90 Å². The first-order chi connectivity index (χ1) is 14.7. The summed E-state index contributed by atoms with van der Waals surface area (Å²) in [7, 11) is 0. The number of aromatic carboxylic acids is 1. The van der Waals surface area contributed by atoms with Crippen molar-refractivity contribution in [2.24, 2.45) is 0 Å². The van der Waals surface area contributed by atoms with Gasteiger partial charge in [-0.05, 0) is 36.8 Å². The summed E-state index contributed by atoms with van der Waals surface area (Å²) in [5.41, 5.74) is -1.02. The molecule has 0 aliphatic carbocycles. The zero-order chi connectivity index (χ0) is 22.3. The molecule has 4 rings (SSSR count). The summed E-state index contributed by atoms with van der Waals surface area (Å²) in [6.07, 6.45) is 1.69. The van der Waals surface area contributed by atoms with E-state index in [2.05, 4.69) is 10.3 Å². The monoisotopic (exact) mass is 428 g/mol. The van der Waals surface area contributed by atoms with E-state index >= 15 is 0 Å². The molecule has 3 aromatic rings. The average Bonchev–Trinajstić information content (AvgIpc) is 3.16. The summed E-state index contributed by atoms with van der Waals surface area (Å²) in [5, 5.41) is 12.0. The second-order valence-corrected chi connectivity index (χ2v) is 7.32. The number of carboxylic acids is 1. The minimum Gasteiger partial charge on any atom is -0.477 e. The molecule has 2 N–H and O–H groups in total. The largest absolute Gasteiger partial charge is 0.477 e. The number of carbonyl (C=O) groups is 2. The first-order valence-electron chi connectivity index (χ1n) is 9.52. The Labute approximate surface area is 174 Å². The van der Waals surface area contributed by atoms with Gasteiger partial charge in [0.05, 0.1) is 5.39 Å². The van der Waals surface area contributed by atoms with Crippen LogP contribution in [-0.2, 0) is 4.79 Å². The van der Waals surface area contributed by atoms with E-state index in [0.717, 1.165) is 12.3 Å². The molecular weight excluding hydrogens is 410 g/mol. The van der Waals surface area contributed by atoms with E-state index in [9.17, 15) is 28.3 Å². The SMILES string of the molecule is CC(=O)NC1CCN(c2nc3c(cc2F)c(=O)c(C(=O)O)cn3-c2ccc(F)cc2)C1. The maximum atomic E-state index is 14.9. The van der Waals surface area contributed by atoms with E-state index < -0.39 is 28.6 Å². The number of halogens is 2. The zero-order valence-corrected chi connectivity index (χ0v) is 16.4. The van der Waals surface area contributed by atoms with E-state index in [4.69, 9.17) is 0 Å². The molecule has 0 spiro atoms. The predicted octanol–water partition coefficient (Wildman–Crippen LogP) is 2.08. The quantitative estimate of drug-likeness (QED) is 0.659. The van der Waals surface area contributed by atoms with Crippen LogP contribution in [0.25, 0.3) is 16.7 Å². The second kappa shape index (κ2) is 7.78. The summed E-state index contributed by atoms with van der Waals surface area (Å²) >= 11 is 0. The van der Waals surface area contributed by atoms with Crippen LogP contribution in [0, 0.1) is 11.6 Å². The van der Waals surface area contributed by atoms with Crippen molar-refractivity contribution in [3.05, 3.63) is 63.9 Å². The van der Waals surface area contributed by atoms with Crippen LogP contribution in [0.5, 0.6) is 0 Å². The molecule has 1 aromatic carbocycles. The predicted molar refractivity (Wildman–Crippen MR) is 109 cm³/mol. The highest BCUT2D eigenvalue weighted by molar-refractivity contribution is 5.92. The highest BCUT2D eigenvalue weighted by Gasteiger charge is 2.27. The van der Waals surface area contributed by atoms with Gasteiger partial charge in [-0.1, -0.05) is 0 Å². The summed E-state index contributed by atoms with van der Waals surface area (Å²) in [4.78, 5) is 41.5. The molecule has 1 aliphatic rings. The molecule has 1 fully saturated rings. The Morgan fingerprint density at radius 2 is 1.94 bits per heavy atom. The van der Waals surface area contributed by atoms with E-state index in [0.29, 0.717) is 25.2 Å². The van der Waals surface area contributed by atoms with Crippen LogP contribution in [-0.4, -0.2) is 45.7 Å². The number of carboxylic acid groups (broad SMARTS) is 1. The normalized spacial score (nSPS) is 16.0. The summed E-state index contributed by atoms with van der Waals surface area (Å²) < 4.78 is 29.6. The van der Waals surface area contributed by atoms with Crippen LogP contribution in [0.4, 0.5) is 14.6 Å². The van der Waals surface area contributed by atoms with Crippen molar-refractivity contribution < 1.29 is 23.5 Å². The van der Waals surface area contributed by atoms with Crippen molar-refractivity contribution >= 4 is 28.7 Å². The summed E-state index contributed by atoms with van der Waals surface area (Å²) in [5.74, 6) is -2.94. The highest BCUT2D eigenvalue weighted by Crippen LogP contribution is 2.26. The van der Waals surface area contributed by atoms with Crippen molar-refractivity contribution in [3.63, 3.8) is 0 Å². The first-order valence-corrected chi connectivity index (χ1v) is 9.52. The molecule has 1 atom stereocenters. The Morgan fingerprint density at radius 1 is 1.23 bits per heavy atom. The number of amides is 1. The summed E-state index contributed by atoms with van der Waals surface area (Å²) in [6.45, 7) is 2.18. The van der Waals surface area contributed by atoms with E-state index in [-0.39, 0.29) is 28.8 Å². The van der Waals surface area contributed by atoms with Gasteiger partial charge in [0.25, 0.3) is 0 Å². The lowest BCUT2D eigenvalue weighted by atomic mass is 10.1. The van der Waals surface area contributed by atoms with Gasteiger partial charge >= 0.3 is 5.97 Å². The third-order valence-electron chi connectivity index (χ3n) is 5.14. The smallest absolute Gasteiger partial charge is 0.341 e. The molecule has 160 valence electrons. The number of rotatable bonds is 4. The molecular formula is C21H18F2N4O4. The van der Waals surface area contributed by atoms with Gasteiger partial charge in [-0.3, -0.25) is 9.59 Å². The van der Waals surface area contributed by atoms with Crippen LogP contribution >= 0.6 is 0 Å². The van der Waals surface area contributed by atoms with Gasteiger partial charge in [0, 0.05) is 37.9 Å². The molecule has 10 heteroatoms. The number of nitrogens with zero attached hydrogens (tertiary/aromatic N) is 3. The second-order valence-electron chi connectivity index (χ2n) is 7.32. The van der Waals surface area contributed by atoms with E-state index in [1.165, 1.54) is 35.8 Å². The Kier molecular flexibility index (Phi) is 5.14. The van der Waals surface area contributed by atoms with Crippen molar-refractivity contribution in [2.75, 3.05) is 18.0 Å². The number of hydrogen-bond acceptors (Lipinski definition) is 5. The number of nitrogens with one attached hydrogen (secondary N) is 1. The van der Waals surface area contributed by atoms with Gasteiger partial charge in [-0.2, -0.15) is 0 Å². The van der Waals surface area contributed by atoms with Gasteiger partial charge in [0.2, 0.25) is 11.3 Å². The minimum atomic E-state index is -1.47. The van der Waals surface area contributed by atoms with Crippen molar-refractivity contribution in [1.82, 2.24) is 14.9 Å². The number of carbonyl (C=O) groups excluding carboxylic acids is 1. The van der Waals surface area contributed by atoms with Crippen LogP contribution in [0.1, 0.15) is 23.7 Å². The number of hydrogen-bond donors (Lipinski definition) is 2. The number of pyridine rings is 2. The maximum absolute atomic E-state index is 14.9. The number of fused-ring (bicyclic) bond motifs is 1. The Balaban J connectivity index is 1.89. The molecule has 1 aliphatic heterocycles. The van der Waals surface area contributed by atoms with Crippen molar-refractivity contribution in [1.29, 1.82) is 0 Å². The molecule has 1 saturated heterocycles. The molecule has 0 radical (unpaired) electrons. The molecule has 31 heavy (non-hydrogen) atoms. The molecule has 8 nitrogen and oxygen atoms in total. The first kappa shape index (κ1) is 20.5. The Morgan fingerprint density at radius 3 is 2.58 bits per heavy atom. The van der Waals surface area contributed by atoms with Crippen LogP contribution in [0.15, 0.2) is 41.3 Å². The van der Waals surface area contributed by atoms with Gasteiger partial charge < -0.3 is 19.9 Å². The lowest BCUT2D eigenvalue weighted by Gasteiger charge is -2.20. The molecule has 0 bridgehead atoms. The van der Waals surface area contributed by atoms with Crippen molar-refractivity contribution in [3.8, 4) is 5.69 Å². The van der Waals surface area contributed by atoms with Crippen LogP contribution in [0.3, 0.4) is 0 Å². The molecule has 2 aromatic heterocycles. The van der Waals surface area contributed by atoms with Crippen LogP contribution in [0.2, 0.25) is 0 Å². The minimum absolute atomic E-state index is 0.0151. The lowest BCUT2D eigenvalue weighted by Crippen LogP contribution is -2.36. The maximum Gasteiger partial charge on any atom is 0.341 e. The number of aromatic nitrogens is 2. The standard InChI is InChI=1S/C21H18F2N4O4/c1-11(28)24-13-6-7-26(9-13)20-17(23)8-15-18(29)16(21(30)31)10-27(19(15)25-20)14-4-2-12(22)3-5-14/h2-5,8,10,13H,6-7,9H2,1H3,(H,24,28)(H,30,31). The topological polar surface area (TPSA) is 105 Å². The fourth-order valence-corrected chi connectivity index (χ4v) is 3.74. The Hall–Kier alpha value is -3.82. The number of benzene rings is 1. The highest BCUT2D eigenvalue weighted by atomic mass is 19.1. The lowest BCUT2D eigenvalue weighted by molar-refractivity contribution is -0.119. The van der Waals surface area contributed by atoms with Gasteiger partial charge in [0.15, 0.2) is 17.3 Å². The molecule has 1 unspecified atom stereocenters. The third-order valence-corrected chi connectivity index (χ3v) is 5.14. The summed E-state index contributed by atoms with van der Waals surface area (Å²) in [6, 6.07) is 5.98. The molecule has 3 heterocycles. The molecule has 0 saturated carbocycles.